The zero-order valence-corrected chi connectivity index (χ0v) is 14.7. The molecular weight excluding hydrogens is 373 g/mol. The first-order chi connectivity index (χ1) is 13.4. The second-order valence-corrected chi connectivity index (χ2v) is 6.37. The number of halogens is 3. The van der Waals surface area contributed by atoms with Crippen LogP contribution < -0.4 is 4.74 Å². The molecule has 0 saturated carbocycles. The van der Waals surface area contributed by atoms with Crippen molar-refractivity contribution in [2.75, 3.05) is 7.11 Å². The minimum atomic E-state index is -4.88. The van der Waals surface area contributed by atoms with Gasteiger partial charge in [0, 0.05) is 0 Å². The lowest BCUT2D eigenvalue weighted by atomic mass is 9.89. The summed E-state index contributed by atoms with van der Waals surface area (Å²) in [4.78, 5) is 12.8. The number of allylic oxidation sites excluding steroid dienone is 3. The molecule has 0 N–H and O–H groups in total. The lowest BCUT2D eigenvalue weighted by Gasteiger charge is -2.33. The molecule has 2 atom stereocenters. The first-order valence-corrected chi connectivity index (χ1v) is 8.50. The number of methoxy groups -OCH3 is 1. The molecule has 0 fully saturated rings. The van der Waals surface area contributed by atoms with E-state index in [1.165, 1.54) is 31.4 Å². The highest BCUT2D eigenvalue weighted by atomic mass is 19.4. The predicted molar refractivity (Wildman–Crippen MR) is 95.3 cm³/mol. The van der Waals surface area contributed by atoms with Crippen LogP contribution in [0.3, 0.4) is 0 Å². The number of hydrogen-bond donors (Lipinski definition) is 0. The maximum absolute atomic E-state index is 13.6. The highest BCUT2D eigenvalue weighted by Gasteiger charge is 2.50. The van der Waals surface area contributed by atoms with E-state index in [-0.39, 0.29) is 5.75 Å². The Morgan fingerprint density at radius 1 is 1.07 bits per heavy atom. The first kappa shape index (κ1) is 18.2. The Labute approximate surface area is 158 Å². The summed E-state index contributed by atoms with van der Waals surface area (Å²) in [5.41, 5.74) is 0. The van der Waals surface area contributed by atoms with Crippen LogP contribution in [0, 0.1) is 5.92 Å². The van der Waals surface area contributed by atoms with Crippen molar-refractivity contribution in [3.63, 3.8) is 0 Å². The Morgan fingerprint density at radius 3 is 2.54 bits per heavy atom. The highest BCUT2D eigenvalue weighted by Crippen LogP contribution is 2.40. The zero-order chi connectivity index (χ0) is 19.9. The molecule has 4 nitrogen and oxygen atoms in total. The van der Waals surface area contributed by atoms with Crippen LogP contribution in [0.2, 0.25) is 0 Å². The summed E-state index contributed by atoms with van der Waals surface area (Å²) >= 11 is 0. The van der Waals surface area contributed by atoms with Crippen LogP contribution in [0.4, 0.5) is 13.2 Å². The van der Waals surface area contributed by atoms with Gasteiger partial charge in [0.1, 0.15) is 17.6 Å². The van der Waals surface area contributed by atoms with Gasteiger partial charge in [0.05, 0.1) is 13.0 Å². The van der Waals surface area contributed by atoms with E-state index in [1.807, 2.05) is 12.1 Å². The van der Waals surface area contributed by atoms with Gasteiger partial charge in [-0.2, -0.15) is 13.2 Å². The number of alkyl halides is 3. The zero-order valence-electron chi connectivity index (χ0n) is 14.7. The molecule has 1 heterocycles. The number of carbonyl (C=O) groups excluding carboxylic acids is 1. The fourth-order valence-corrected chi connectivity index (χ4v) is 3.20. The minimum absolute atomic E-state index is 0.124. The molecule has 0 spiro atoms. The monoisotopic (exact) mass is 388 g/mol. The van der Waals surface area contributed by atoms with E-state index < -0.39 is 35.5 Å². The molecule has 2 unspecified atom stereocenters. The molecule has 7 heteroatoms. The first-order valence-electron chi connectivity index (χ1n) is 8.50. The summed E-state index contributed by atoms with van der Waals surface area (Å²) in [5, 5.41) is 1.68. The number of hydrogen-bond acceptors (Lipinski definition) is 4. The molecule has 0 amide bonds. The largest absolute Gasteiger partial charge is 0.497 e. The molecule has 144 valence electrons. The van der Waals surface area contributed by atoms with Crippen LogP contribution in [-0.4, -0.2) is 25.2 Å². The molecule has 0 bridgehead atoms. The van der Waals surface area contributed by atoms with Gasteiger partial charge in [-0.05, 0) is 35.1 Å². The van der Waals surface area contributed by atoms with Gasteiger partial charge in [0.2, 0.25) is 17.3 Å². The normalized spacial score (nSPS) is 21.9. The van der Waals surface area contributed by atoms with Gasteiger partial charge in [-0.3, -0.25) is 4.79 Å². The van der Waals surface area contributed by atoms with Gasteiger partial charge in [-0.1, -0.05) is 36.4 Å². The van der Waals surface area contributed by atoms with Crippen molar-refractivity contribution in [1.82, 2.24) is 0 Å². The summed E-state index contributed by atoms with van der Waals surface area (Å²) < 4.78 is 56.3. The second kappa shape index (κ2) is 6.74. The van der Waals surface area contributed by atoms with E-state index in [0.717, 1.165) is 10.8 Å². The molecular formula is C21H15F3O4. The molecule has 0 aromatic heterocycles. The number of carbonyl (C=O) groups is 1. The average molecular weight is 388 g/mol. The van der Waals surface area contributed by atoms with Crippen LogP contribution in [0.1, 0.15) is 0 Å². The minimum Gasteiger partial charge on any atom is -0.497 e. The molecule has 0 saturated heterocycles. The smallest absolute Gasteiger partial charge is 0.453 e. The molecule has 1 aliphatic heterocycles. The molecule has 0 radical (unpaired) electrons. The fourth-order valence-electron chi connectivity index (χ4n) is 3.20. The topological polar surface area (TPSA) is 44.8 Å². The highest BCUT2D eigenvalue weighted by molar-refractivity contribution is 5.99. The van der Waals surface area contributed by atoms with E-state index in [9.17, 15) is 18.0 Å². The second-order valence-electron chi connectivity index (χ2n) is 6.37. The number of rotatable bonds is 3. The van der Waals surface area contributed by atoms with Gasteiger partial charge in [-0.15, -0.1) is 0 Å². The third kappa shape index (κ3) is 3.24. The van der Waals surface area contributed by atoms with Crippen molar-refractivity contribution in [3.8, 4) is 5.75 Å². The van der Waals surface area contributed by atoms with Crippen LogP contribution in [0.15, 0.2) is 78.0 Å². The van der Waals surface area contributed by atoms with Crippen molar-refractivity contribution in [2.45, 2.75) is 12.3 Å². The summed E-state index contributed by atoms with van der Waals surface area (Å²) in [7, 11) is 1.38. The SMILES string of the molecule is COC1=CC2OC(C(F)(F)F)=C(Oc3ccc4ccccc4c3)C(=O)C2C=C1. The van der Waals surface area contributed by atoms with E-state index in [4.69, 9.17) is 14.2 Å². The van der Waals surface area contributed by atoms with Gasteiger partial charge in [-0.25, -0.2) is 0 Å². The molecule has 1 aliphatic carbocycles. The number of Topliss-reactive ketones (excluding diaryl/α,β-unsaturated/α-hetero) is 1. The number of benzene rings is 2. The van der Waals surface area contributed by atoms with E-state index in [0.29, 0.717) is 5.76 Å². The lowest BCUT2D eigenvalue weighted by molar-refractivity contribution is -0.156. The summed E-state index contributed by atoms with van der Waals surface area (Å²) in [6, 6.07) is 12.1. The van der Waals surface area contributed by atoms with Gasteiger partial charge >= 0.3 is 6.18 Å². The Bertz CT molecular complexity index is 1030. The van der Waals surface area contributed by atoms with E-state index in [1.54, 1.807) is 24.3 Å². The molecule has 2 aromatic carbocycles. The number of ether oxygens (including phenoxy) is 3. The van der Waals surface area contributed by atoms with Crippen LogP contribution >= 0.6 is 0 Å². The van der Waals surface area contributed by atoms with Gasteiger partial charge in [0.15, 0.2) is 0 Å². The number of ketones is 1. The van der Waals surface area contributed by atoms with Crippen molar-refractivity contribution in [1.29, 1.82) is 0 Å². The molecule has 4 rings (SSSR count). The van der Waals surface area contributed by atoms with Gasteiger partial charge in [0.25, 0.3) is 0 Å². The maximum Gasteiger partial charge on any atom is 0.453 e. The maximum atomic E-state index is 13.6. The third-order valence-electron chi connectivity index (χ3n) is 4.57. The fraction of sp³-hybridized carbons (Fsp3) is 0.190. The Hall–Kier alpha value is -3.22. The van der Waals surface area contributed by atoms with Crippen LogP contribution in [0.5, 0.6) is 5.75 Å². The van der Waals surface area contributed by atoms with Gasteiger partial charge < -0.3 is 14.2 Å². The van der Waals surface area contributed by atoms with E-state index in [2.05, 4.69) is 0 Å². The summed E-state index contributed by atoms with van der Waals surface area (Å²) in [6.07, 6.45) is -1.65. The van der Waals surface area contributed by atoms with Crippen molar-refractivity contribution in [2.24, 2.45) is 5.92 Å². The Balaban J connectivity index is 1.75. The average Bonchev–Trinajstić information content (AvgIpc) is 2.68. The van der Waals surface area contributed by atoms with Crippen LogP contribution in [0.25, 0.3) is 10.8 Å². The van der Waals surface area contributed by atoms with Crippen molar-refractivity contribution < 1.29 is 32.2 Å². The summed E-state index contributed by atoms with van der Waals surface area (Å²) in [6.45, 7) is 0. The summed E-state index contributed by atoms with van der Waals surface area (Å²) in [5.74, 6) is -3.54. The number of fused-ring (bicyclic) bond motifs is 2. The Kier molecular flexibility index (Phi) is 4.37. The third-order valence-corrected chi connectivity index (χ3v) is 4.57. The van der Waals surface area contributed by atoms with Crippen molar-refractivity contribution >= 4 is 16.6 Å². The molecule has 2 aliphatic rings. The molecule has 28 heavy (non-hydrogen) atoms. The molecule has 2 aromatic rings. The quantitative estimate of drug-likeness (QED) is 0.766. The van der Waals surface area contributed by atoms with Crippen LogP contribution in [-0.2, 0) is 14.3 Å². The predicted octanol–water partition coefficient (Wildman–Crippen LogP) is 4.68. The lowest BCUT2D eigenvalue weighted by Crippen LogP contribution is -2.40. The van der Waals surface area contributed by atoms with E-state index >= 15 is 0 Å². The standard InChI is InChI=1S/C21H15F3O4/c1-26-14-8-9-16-17(11-14)28-20(21(22,23)24)19(18(16)25)27-15-7-6-12-4-2-3-5-13(12)10-15/h2-11,16-17H,1H3. The Morgan fingerprint density at radius 2 is 1.82 bits per heavy atom. The van der Waals surface area contributed by atoms with Crippen molar-refractivity contribution in [3.05, 3.63) is 78.0 Å².